The lowest BCUT2D eigenvalue weighted by Gasteiger charge is -2.15. The number of fused-ring (bicyclic) bond motifs is 1. The van der Waals surface area contributed by atoms with E-state index in [1.807, 2.05) is 26.0 Å². The van der Waals surface area contributed by atoms with Gasteiger partial charge in [0.15, 0.2) is 5.78 Å². The van der Waals surface area contributed by atoms with E-state index in [0.717, 1.165) is 51.8 Å². The molecule has 1 aliphatic rings. The second kappa shape index (κ2) is 12.7. The summed E-state index contributed by atoms with van der Waals surface area (Å²) in [5, 5.41) is 10.6. The fourth-order valence-corrected chi connectivity index (χ4v) is 6.14. The standard InChI is InChI=1S/C33H35NO6S/c1-21(2)20-39-33(37)40-27-12-13-28-29(18-27)41-32(24-4-8-25(35)9-5-24)30(28)31(36)23-6-10-26(11-7-23)38-17-16-34-15-14-22(3)19-34/h4-13,18,21-22,35H,14-17,19-20H2,1-3H3. The Bertz CT molecular complexity index is 1510. The molecule has 0 aliphatic carbocycles. The van der Waals surface area contributed by atoms with Crippen molar-refractivity contribution in [1.82, 2.24) is 4.90 Å². The summed E-state index contributed by atoms with van der Waals surface area (Å²) >= 11 is 1.43. The number of hydrogen-bond donors (Lipinski definition) is 1. The highest BCUT2D eigenvalue weighted by molar-refractivity contribution is 7.22. The number of phenolic OH excluding ortho intramolecular Hbond substituents is 1. The molecule has 0 radical (unpaired) electrons. The normalized spacial score (nSPS) is 15.4. The molecule has 0 saturated carbocycles. The minimum Gasteiger partial charge on any atom is -0.508 e. The monoisotopic (exact) mass is 573 g/mol. The summed E-state index contributed by atoms with van der Waals surface area (Å²) < 4.78 is 17.3. The van der Waals surface area contributed by atoms with Gasteiger partial charge >= 0.3 is 6.16 Å². The molecule has 7 nitrogen and oxygen atoms in total. The molecule has 1 aliphatic heterocycles. The first-order chi connectivity index (χ1) is 19.8. The van der Waals surface area contributed by atoms with Crippen LogP contribution in [-0.4, -0.2) is 54.8 Å². The highest BCUT2D eigenvalue weighted by atomic mass is 32.1. The smallest absolute Gasteiger partial charge is 0.508 e. The molecule has 3 aromatic carbocycles. The molecule has 0 amide bonds. The second-order valence-electron chi connectivity index (χ2n) is 11.0. The zero-order chi connectivity index (χ0) is 28.9. The van der Waals surface area contributed by atoms with E-state index in [2.05, 4.69) is 11.8 Å². The average molecular weight is 574 g/mol. The van der Waals surface area contributed by atoms with Crippen LogP contribution >= 0.6 is 11.3 Å². The molecule has 1 saturated heterocycles. The number of benzene rings is 3. The van der Waals surface area contributed by atoms with Crippen LogP contribution in [0.15, 0.2) is 66.7 Å². The van der Waals surface area contributed by atoms with E-state index in [1.54, 1.807) is 54.6 Å². The SMILES string of the molecule is CC(C)COC(=O)Oc1ccc2c(C(=O)c3ccc(OCCN4CCC(C)C4)cc3)c(-c3ccc(O)cc3)sc2c1. The number of nitrogens with zero attached hydrogens (tertiary/aromatic N) is 1. The van der Waals surface area contributed by atoms with Gasteiger partial charge in [0.2, 0.25) is 0 Å². The van der Waals surface area contributed by atoms with Crippen LogP contribution in [0, 0.1) is 11.8 Å². The van der Waals surface area contributed by atoms with Crippen LogP contribution in [0.5, 0.6) is 17.2 Å². The van der Waals surface area contributed by atoms with Crippen molar-refractivity contribution < 1.29 is 28.9 Å². The van der Waals surface area contributed by atoms with Gasteiger partial charge in [-0.2, -0.15) is 0 Å². The first kappa shape index (κ1) is 28.6. The number of carbonyl (C=O) groups excluding carboxylic acids is 2. The Morgan fingerprint density at radius 1 is 1.02 bits per heavy atom. The van der Waals surface area contributed by atoms with E-state index in [1.165, 1.54) is 17.8 Å². The first-order valence-corrected chi connectivity index (χ1v) is 14.8. The van der Waals surface area contributed by atoms with Crippen LogP contribution in [-0.2, 0) is 4.74 Å². The number of ketones is 1. The minimum absolute atomic E-state index is 0.123. The third kappa shape index (κ3) is 7.07. The summed E-state index contributed by atoms with van der Waals surface area (Å²) in [6, 6.07) is 19.2. The van der Waals surface area contributed by atoms with Crippen molar-refractivity contribution in [2.45, 2.75) is 27.2 Å². The molecule has 5 rings (SSSR count). The Morgan fingerprint density at radius 3 is 2.44 bits per heavy atom. The summed E-state index contributed by atoms with van der Waals surface area (Å²) in [5.74, 6) is 2.03. The van der Waals surface area contributed by atoms with Crippen LogP contribution in [0.3, 0.4) is 0 Å². The predicted molar refractivity (Wildman–Crippen MR) is 161 cm³/mol. The molecule has 41 heavy (non-hydrogen) atoms. The lowest BCUT2D eigenvalue weighted by atomic mass is 9.97. The van der Waals surface area contributed by atoms with Gasteiger partial charge in [-0.1, -0.05) is 20.8 Å². The second-order valence-corrected chi connectivity index (χ2v) is 12.0. The average Bonchev–Trinajstić information content (AvgIpc) is 3.55. The maximum Gasteiger partial charge on any atom is 0.513 e. The van der Waals surface area contributed by atoms with E-state index >= 15 is 0 Å². The fourth-order valence-electron chi connectivity index (χ4n) is 4.91. The molecular formula is C33H35NO6S. The highest BCUT2D eigenvalue weighted by Crippen LogP contribution is 2.41. The van der Waals surface area contributed by atoms with Crippen LogP contribution in [0.2, 0.25) is 0 Å². The molecule has 2 heterocycles. The maximum atomic E-state index is 13.9. The number of carbonyl (C=O) groups is 2. The third-order valence-corrected chi connectivity index (χ3v) is 8.26. The van der Waals surface area contributed by atoms with Gasteiger partial charge < -0.3 is 19.3 Å². The van der Waals surface area contributed by atoms with Gasteiger partial charge in [-0.05, 0) is 97.1 Å². The molecule has 1 fully saturated rings. The lowest BCUT2D eigenvalue weighted by molar-refractivity contribution is 0.0885. The van der Waals surface area contributed by atoms with Crippen molar-refractivity contribution in [2.75, 3.05) is 32.8 Å². The Balaban J connectivity index is 1.38. The summed E-state index contributed by atoms with van der Waals surface area (Å²) in [5.41, 5.74) is 1.91. The van der Waals surface area contributed by atoms with Gasteiger partial charge in [-0.15, -0.1) is 11.3 Å². The molecule has 1 aromatic heterocycles. The van der Waals surface area contributed by atoms with E-state index in [0.29, 0.717) is 23.5 Å². The van der Waals surface area contributed by atoms with E-state index in [-0.39, 0.29) is 24.1 Å². The zero-order valence-corrected chi connectivity index (χ0v) is 24.4. The summed E-state index contributed by atoms with van der Waals surface area (Å²) in [7, 11) is 0. The number of thiophene rings is 1. The fraction of sp³-hybridized carbons (Fsp3) is 0.333. The number of hydrogen-bond acceptors (Lipinski definition) is 8. The van der Waals surface area contributed by atoms with Crippen molar-refractivity contribution >= 4 is 33.4 Å². The van der Waals surface area contributed by atoms with E-state index < -0.39 is 6.16 Å². The topological polar surface area (TPSA) is 85.3 Å². The van der Waals surface area contributed by atoms with Gasteiger partial charge in [0.1, 0.15) is 23.9 Å². The number of rotatable bonds is 10. The maximum absolute atomic E-state index is 13.9. The molecule has 1 unspecified atom stereocenters. The van der Waals surface area contributed by atoms with Crippen molar-refractivity contribution in [3.05, 3.63) is 77.9 Å². The Hall–Kier alpha value is -3.88. The molecule has 0 spiro atoms. The first-order valence-electron chi connectivity index (χ1n) is 14.0. The third-order valence-electron chi connectivity index (χ3n) is 7.05. The number of likely N-dealkylation sites (tertiary alicyclic amines) is 1. The largest absolute Gasteiger partial charge is 0.513 e. The highest BCUT2D eigenvalue weighted by Gasteiger charge is 2.23. The van der Waals surface area contributed by atoms with Gasteiger partial charge in [0.25, 0.3) is 0 Å². The predicted octanol–water partition coefficient (Wildman–Crippen LogP) is 7.40. The van der Waals surface area contributed by atoms with Crippen molar-refractivity contribution in [2.24, 2.45) is 11.8 Å². The van der Waals surface area contributed by atoms with Gasteiger partial charge in [-0.25, -0.2) is 4.79 Å². The van der Waals surface area contributed by atoms with Crippen molar-refractivity contribution in [1.29, 1.82) is 0 Å². The zero-order valence-electron chi connectivity index (χ0n) is 23.6. The van der Waals surface area contributed by atoms with Crippen LogP contribution in [0.25, 0.3) is 20.5 Å². The summed E-state index contributed by atoms with van der Waals surface area (Å²) in [4.78, 5) is 29.2. The molecule has 1 N–H and O–H groups in total. The number of phenols is 1. The van der Waals surface area contributed by atoms with Crippen LogP contribution < -0.4 is 9.47 Å². The molecule has 214 valence electrons. The molecule has 1 atom stereocenters. The van der Waals surface area contributed by atoms with Gasteiger partial charge in [-0.3, -0.25) is 9.69 Å². The molecule has 8 heteroatoms. The molecule has 4 aromatic rings. The summed E-state index contributed by atoms with van der Waals surface area (Å²) in [6.07, 6.45) is 0.473. The molecular weight excluding hydrogens is 538 g/mol. The van der Waals surface area contributed by atoms with Crippen LogP contribution in [0.1, 0.15) is 43.1 Å². The Morgan fingerprint density at radius 2 is 1.76 bits per heavy atom. The summed E-state index contributed by atoms with van der Waals surface area (Å²) in [6.45, 7) is 10.2. The van der Waals surface area contributed by atoms with Gasteiger partial charge in [0, 0.05) is 39.2 Å². The quantitative estimate of drug-likeness (QED) is 0.120. The van der Waals surface area contributed by atoms with Gasteiger partial charge in [0.05, 0.1) is 6.61 Å². The van der Waals surface area contributed by atoms with E-state index in [4.69, 9.17) is 14.2 Å². The Kier molecular flexibility index (Phi) is 8.90. The van der Waals surface area contributed by atoms with Crippen LogP contribution in [0.4, 0.5) is 4.79 Å². The number of ether oxygens (including phenoxy) is 3. The van der Waals surface area contributed by atoms with E-state index in [9.17, 15) is 14.7 Å². The van der Waals surface area contributed by atoms with Crippen molar-refractivity contribution in [3.63, 3.8) is 0 Å². The van der Waals surface area contributed by atoms with Crippen molar-refractivity contribution in [3.8, 4) is 27.7 Å². The lowest BCUT2D eigenvalue weighted by Crippen LogP contribution is -2.25. The minimum atomic E-state index is -0.762. The Labute approximate surface area is 244 Å². The number of aromatic hydroxyl groups is 1. The molecule has 0 bridgehead atoms.